The van der Waals surface area contributed by atoms with E-state index in [0.29, 0.717) is 6.54 Å². The Morgan fingerprint density at radius 3 is 1.66 bits per heavy atom. The summed E-state index contributed by atoms with van der Waals surface area (Å²) in [6.45, 7) is 0.637. The molecule has 0 fully saturated rings. The summed E-state index contributed by atoms with van der Waals surface area (Å²) in [4.78, 5) is 7.81. The summed E-state index contributed by atoms with van der Waals surface area (Å²) in [6, 6.07) is 74.8. The first-order chi connectivity index (χ1) is 27.8. The Labute approximate surface area is 327 Å². The van der Waals surface area contributed by atoms with Crippen molar-refractivity contribution in [2.45, 2.75) is 5.41 Å². The zero-order chi connectivity index (χ0) is 37.1. The predicted molar refractivity (Wildman–Crippen MR) is 232 cm³/mol. The summed E-state index contributed by atoms with van der Waals surface area (Å²) in [5.74, 6) is 0. The Morgan fingerprint density at radius 2 is 0.946 bits per heavy atom. The minimum atomic E-state index is -0.501. The van der Waals surface area contributed by atoms with Crippen LogP contribution in [-0.4, -0.2) is 12.3 Å². The van der Waals surface area contributed by atoms with Crippen molar-refractivity contribution < 1.29 is 0 Å². The molecule has 0 atom stereocenters. The smallest absolute Gasteiger partial charge is 0.0943 e. The fourth-order valence-electron chi connectivity index (χ4n) is 9.32. The number of nitrogens with one attached hydrogen (secondary N) is 1. The average Bonchev–Trinajstić information content (AvgIpc) is 3.57. The second kappa shape index (κ2) is 13.0. The topological polar surface area (TPSA) is 27.6 Å². The van der Waals surface area contributed by atoms with Crippen molar-refractivity contribution in [3.63, 3.8) is 0 Å². The van der Waals surface area contributed by atoms with Crippen molar-refractivity contribution in [2.24, 2.45) is 4.99 Å². The van der Waals surface area contributed by atoms with Crippen LogP contribution in [0.15, 0.2) is 211 Å². The zero-order valence-electron chi connectivity index (χ0n) is 30.7. The molecule has 1 N–H and O–H groups in total. The van der Waals surface area contributed by atoms with Gasteiger partial charge >= 0.3 is 0 Å². The SMILES string of the molecule is c1ccc(C2=C(c3ccccc3)NCC(c3cccc(-c4ccc5c(c4)C4(c6ccccc6-5)c5ccccc5N(c5ccccc5)c5ccccc54)c3)=N2)cc1. The van der Waals surface area contributed by atoms with Gasteiger partial charge in [-0.05, 0) is 92.0 Å². The molecule has 0 amide bonds. The molecule has 0 unspecified atom stereocenters. The first-order valence-corrected chi connectivity index (χ1v) is 19.3. The molecule has 0 radical (unpaired) electrons. The van der Waals surface area contributed by atoms with Crippen LogP contribution in [0.4, 0.5) is 17.1 Å². The first kappa shape index (κ1) is 32.2. The van der Waals surface area contributed by atoms with E-state index in [4.69, 9.17) is 4.99 Å². The number of hydrogen-bond donors (Lipinski definition) is 1. The van der Waals surface area contributed by atoms with Crippen LogP contribution in [0.1, 0.15) is 38.9 Å². The third kappa shape index (κ3) is 4.87. The highest BCUT2D eigenvalue weighted by Gasteiger charge is 2.51. The highest BCUT2D eigenvalue weighted by atomic mass is 15.2. The number of aliphatic imine (C=N–C) groups is 1. The molecule has 2 heterocycles. The van der Waals surface area contributed by atoms with Crippen LogP contribution in [0, 0.1) is 0 Å². The Balaban J connectivity index is 1.08. The largest absolute Gasteiger partial charge is 0.377 e. The quantitative estimate of drug-likeness (QED) is 0.192. The Kier molecular flexibility index (Phi) is 7.46. The van der Waals surface area contributed by atoms with E-state index in [-0.39, 0.29) is 0 Å². The van der Waals surface area contributed by atoms with E-state index < -0.39 is 5.41 Å². The lowest BCUT2D eigenvalue weighted by Gasteiger charge is -2.45. The van der Waals surface area contributed by atoms with Crippen LogP contribution in [0.2, 0.25) is 0 Å². The molecular weight excluding hydrogens is 679 g/mol. The van der Waals surface area contributed by atoms with E-state index in [2.05, 4.69) is 216 Å². The number of rotatable bonds is 5. The molecule has 8 aromatic rings. The fraction of sp³-hybridized carbons (Fsp3) is 0.0377. The van der Waals surface area contributed by atoms with E-state index in [1.165, 1.54) is 55.9 Å². The van der Waals surface area contributed by atoms with Crippen molar-refractivity contribution in [3.05, 3.63) is 245 Å². The number of para-hydroxylation sites is 3. The number of nitrogens with zero attached hydrogens (tertiary/aromatic N) is 2. The molecule has 1 aliphatic carbocycles. The number of hydrogen-bond acceptors (Lipinski definition) is 3. The van der Waals surface area contributed by atoms with Gasteiger partial charge in [0.2, 0.25) is 0 Å². The zero-order valence-corrected chi connectivity index (χ0v) is 30.7. The minimum Gasteiger partial charge on any atom is -0.377 e. The summed E-state index contributed by atoms with van der Waals surface area (Å²) < 4.78 is 0. The Hall–Kier alpha value is -7.23. The first-order valence-electron chi connectivity index (χ1n) is 19.3. The van der Waals surface area contributed by atoms with E-state index in [0.717, 1.165) is 39.5 Å². The second-order valence-electron chi connectivity index (χ2n) is 14.7. The number of benzene rings is 8. The molecule has 2 aliphatic heterocycles. The summed E-state index contributed by atoms with van der Waals surface area (Å²) in [5.41, 5.74) is 19.6. The van der Waals surface area contributed by atoms with Crippen LogP contribution in [0.3, 0.4) is 0 Å². The lowest BCUT2D eigenvalue weighted by atomic mass is 9.64. The summed E-state index contributed by atoms with van der Waals surface area (Å²) in [7, 11) is 0. The monoisotopic (exact) mass is 715 g/mol. The summed E-state index contributed by atoms with van der Waals surface area (Å²) in [6.07, 6.45) is 0. The van der Waals surface area contributed by atoms with Gasteiger partial charge in [0.05, 0.1) is 40.4 Å². The van der Waals surface area contributed by atoms with E-state index in [9.17, 15) is 0 Å². The summed E-state index contributed by atoms with van der Waals surface area (Å²) >= 11 is 0. The lowest BCUT2D eigenvalue weighted by Crippen LogP contribution is -2.36. The van der Waals surface area contributed by atoms with Gasteiger partial charge in [-0.15, -0.1) is 0 Å². The lowest BCUT2D eigenvalue weighted by molar-refractivity contribution is 0.753. The van der Waals surface area contributed by atoms with Gasteiger partial charge < -0.3 is 10.2 Å². The average molecular weight is 716 g/mol. The van der Waals surface area contributed by atoms with Crippen molar-refractivity contribution in [1.29, 1.82) is 0 Å². The van der Waals surface area contributed by atoms with Crippen LogP contribution in [0.5, 0.6) is 0 Å². The molecule has 0 saturated carbocycles. The van der Waals surface area contributed by atoms with Crippen LogP contribution >= 0.6 is 0 Å². The highest BCUT2D eigenvalue weighted by Crippen LogP contribution is 2.63. The van der Waals surface area contributed by atoms with Gasteiger partial charge in [-0.25, -0.2) is 4.99 Å². The molecule has 3 nitrogen and oxygen atoms in total. The third-order valence-corrected chi connectivity index (χ3v) is 11.7. The second-order valence-corrected chi connectivity index (χ2v) is 14.7. The Bertz CT molecular complexity index is 2810. The van der Waals surface area contributed by atoms with Crippen molar-refractivity contribution in [2.75, 3.05) is 11.4 Å². The molecule has 8 aromatic carbocycles. The highest BCUT2D eigenvalue weighted by molar-refractivity contribution is 6.10. The molecule has 11 rings (SSSR count). The minimum absolute atomic E-state index is 0.501. The van der Waals surface area contributed by atoms with Gasteiger partial charge in [-0.3, -0.25) is 0 Å². The maximum Gasteiger partial charge on any atom is 0.0943 e. The van der Waals surface area contributed by atoms with Crippen LogP contribution in [-0.2, 0) is 5.41 Å². The molecule has 1 spiro atoms. The van der Waals surface area contributed by atoms with Crippen LogP contribution < -0.4 is 10.2 Å². The van der Waals surface area contributed by atoms with Gasteiger partial charge in [0.25, 0.3) is 0 Å². The molecular formula is C53H37N3. The van der Waals surface area contributed by atoms with E-state index in [1.54, 1.807) is 0 Å². The fourth-order valence-corrected chi connectivity index (χ4v) is 9.32. The maximum atomic E-state index is 5.38. The van der Waals surface area contributed by atoms with Gasteiger partial charge in [-0.1, -0.05) is 170 Å². The van der Waals surface area contributed by atoms with Crippen molar-refractivity contribution in [3.8, 4) is 22.3 Å². The number of fused-ring (bicyclic) bond motifs is 9. The Morgan fingerprint density at radius 1 is 0.411 bits per heavy atom. The molecule has 3 aliphatic rings. The van der Waals surface area contributed by atoms with Gasteiger partial charge in [0.15, 0.2) is 0 Å². The van der Waals surface area contributed by atoms with E-state index >= 15 is 0 Å². The predicted octanol–water partition coefficient (Wildman–Crippen LogP) is 12.4. The molecule has 56 heavy (non-hydrogen) atoms. The standard InChI is InChI=1S/C53H37N3/c1-4-17-36(18-5-1)51-52(37-19-6-2-7-20-37)55-48(35-54-51)40-22-16-21-38(33-40)39-31-32-43-42-25-10-11-26-44(42)53(47(43)34-39)45-27-12-14-29-49(45)56(41-23-8-3-9-24-41)50-30-15-13-28-46(50)53/h1-34,54H,35H2. The van der Waals surface area contributed by atoms with Crippen molar-refractivity contribution in [1.82, 2.24) is 5.32 Å². The van der Waals surface area contributed by atoms with Crippen molar-refractivity contribution >= 4 is 34.2 Å². The molecule has 0 saturated heterocycles. The van der Waals surface area contributed by atoms with Gasteiger partial charge in [0, 0.05) is 11.3 Å². The van der Waals surface area contributed by atoms with Gasteiger partial charge in [0.1, 0.15) is 0 Å². The number of anilines is 3. The molecule has 264 valence electrons. The summed E-state index contributed by atoms with van der Waals surface area (Å²) in [5, 5.41) is 3.75. The van der Waals surface area contributed by atoms with E-state index in [1.807, 2.05) is 0 Å². The molecule has 3 heteroatoms. The third-order valence-electron chi connectivity index (χ3n) is 11.7. The molecule has 0 bridgehead atoms. The van der Waals surface area contributed by atoms with Gasteiger partial charge in [-0.2, -0.15) is 0 Å². The van der Waals surface area contributed by atoms with Crippen LogP contribution in [0.25, 0.3) is 33.6 Å². The molecule has 0 aromatic heterocycles. The normalized spacial score (nSPS) is 14.6. The maximum absolute atomic E-state index is 5.38.